The Morgan fingerprint density at radius 2 is 1.66 bits per heavy atom. The van der Waals surface area contributed by atoms with Gasteiger partial charge in [0.1, 0.15) is 0 Å². The van der Waals surface area contributed by atoms with Crippen molar-refractivity contribution in [1.29, 1.82) is 0 Å². The highest BCUT2D eigenvalue weighted by Gasteiger charge is 2.23. The van der Waals surface area contributed by atoms with Crippen LogP contribution in [-0.4, -0.2) is 34.3 Å². The minimum Gasteiger partial charge on any atom is -0.355 e. The smallest absolute Gasteiger partial charge is 0.294 e. The van der Waals surface area contributed by atoms with Gasteiger partial charge in [-0.15, -0.1) is 0 Å². The molecule has 3 N–H and O–H groups in total. The molecule has 2 aromatic carbocycles. The molecule has 0 aromatic heterocycles. The van der Waals surface area contributed by atoms with Gasteiger partial charge in [-0.05, 0) is 54.7 Å². The lowest BCUT2D eigenvalue weighted by atomic mass is 9.95. The molecule has 0 unspecified atom stereocenters. The Morgan fingerprint density at radius 3 is 2.28 bits per heavy atom. The predicted molar refractivity (Wildman–Crippen MR) is 108 cm³/mol. The highest BCUT2D eigenvalue weighted by atomic mass is 32.2. The minimum absolute atomic E-state index is 0.117. The number of carbonyl (C=O) groups is 1. The van der Waals surface area contributed by atoms with E-state index in [0.717, 1.165) is 43.4 Å². The molecule has 0 spiro atoms. The van der Waals surface area contributed by atoms with Crippen molar-refractivity contribution in [1.82, 2.24) is 5.32 Å². The molecule has 10 heteroatoms. The fourth-order valence-corrected chi connectivity index (χ4v) is 5.21. The number of anilines is 1. The lowest BCUT2D eigenvalue weighted by molar-refractivity contribution is 0.0964. The summed E-state index contributed by atoms with van der Waals surface area (Å²) in [7, 11) is -7.32. The van der Waals surface area contributed by atoms with Crippen LogP contribution < -0.4 is 10.0 Å². The Hall–Kier alpha value is -2.43. The maximum Gasteiger partial charge on any atom is 0.294 e. The van der Waals surface area contributed by atoms with E-state index in [1.807, 2.05) is 6.07 Å². The number of amides is 1. The van der Waals surface area contributed by atoms with Gasteiger partial charge in [-0.1, -0.05) is 25.0 Å². The molecular formula is C19H22N2O6S2. The van der Waals surface area contributed by atoms with Gasteiger partial charge in [-0.3, -0.25) is 14.1 Å². The van der Waals surface area contributed by atoms with Gasteiger partial charge in [0.25, 0.3) is 26.0 Å². The normalized spacial score (nSPS) is 15.2. The Balaban J connectivity index is 2.02. The number of sulfonamides is 1. The SMILES string of the molecule is CNC(=O)c1ccc(C2CCCC2)cc1NS(=O)(=O)c1cccc(S(=O)(=O)O)c1. The zero-order chi connectivity index (χ0) is 21.2. The highest BCUT2D eigenvalue weighted by molar-refractivity contribution is 7.92. The monoisotopic (exact) mass is 438 g/mol. The average Bonchev–Trinajstić information content (AvgIpc) is 3.21. The average molecular weight is 439 g/mol. The molecule has 156 valence electrons. The molecule has 1 aliphatic rings. The van der Waals surface area contributed by atoms with Crippen LogP contribution in [0.25, 0.3) is 0 Å². The maximum atomic E-state index is 12.9. The molecule has 2 aromatic rings. The summed E-state index contributed by atoms with van der Waals surface area (Å²) in [5.74, 6) is -0.146. The van der Waals surface area contributed by atoms with Gasteiger partial charge in [0.15, 0.2) is 0 Å². The number of rotatable bonds is 6. The number of hydrogen-bond acceptors (Lipinski definition) is 5. The van der Waals surface area contributed by atoms with Gasteiger partial charge >= 0.3 is 0 Å². The fraction of sp³-hybridized carbons (Fsp3) is 0.316. The van der Waals surface area contributed by atoms with Crippen molar-refractivity contribution in [3.8, 4) is 0 Å². The summed E-state index contributed by atoms with van der Waals surface area (Å²) >= 11 is 0. The van der Waals surface area contributed by atoms with Gasteiger partial charge in [0, 0.05) is 7.05 Å². The van der Waals surface area contributed by atoms with Gasteiger partial charge in [0.05, 0.1) is 21.0 Å². The predicted octanol–water partition coefficient (Wildman–Crippen LogP) is 2.75. The Labute approximate surface area is 170 Å². The van der Waals surface area contributed by atoms with Crippen molar-refractivity contribution >= 4 is 31.7 Å². The number of benzene rings is 2. The van der Waals surface area contributed by atoms with Crippen LogP contribution in [0.1, 0.15) is 47.5 Å². The molecule has 0 radical (unpaired) electrons. The van der Waals surface area contributed by atoms with Crippen molar-refractivity contribution in [2.24, 2.45) is 0 Å². The van der Waals surface area contributed by atoms with E-state index in [1.165, 1.54) is 19.2 Å². The first-order valence-electron chi connectivity index (χ1n) is 9.08. The third-order valence-electron chi connectivity index (χ3n) is 5.00. The topological polar surface area (TPSA) is 130 Å². The molecule has 1 saturated carbocycles. The quantitative estimate of drug-likeness (QED) is 0.595. The van der Waals surface area contributed by atoms with E-state index in [9.17, 15) is 26.2 Å². The zero-order valence-corrected chi connectivity index (χ0v) is 17.4. The summed E-state index contributed by atoms with van der Waals surface area (Å²) in [6, 6.07) is 9.44. The third-order valence-corrected chi connectivity index (χ3v) is 7.21. The van der Waals surface area contributed by atoms with E-state index in [2.05, 4.69) is 10.0 Å². The van der Waals surface area contributed by atoms with Gasteiger partial charge in [0.2, 0.25) is 0 Å². The molecule has 8 nitrogen and oxygen atoms in total. The Morgan fingerprint density at radius 1 is 1.00 bits per heavy atom. The zero-order valence-electron chi connectivity index (χ0n) is 15.8. The molecule has 0 aliphatic heterocycles. The minimum atomic E-state index is -4.56. The van der Waals surface area contributed by atoms with E-state index in [4.69, 9.17) is 0 Å². The summed E-state index contributed by atoms with van der Waals surface area (Å²) in [5.41, 5.74) is 1.22. The Kier molecular flexibility index (Phi) is 5.97. The molecule has 1 fully saturated rings. The summed E-state index contributed by atoms with van der Waals surface area (Å²) in [6.45, 7) is 0. The summed E-state index contributed by atoms with van der Waals surface area (Å²) in [5, 5.41) is 2.48. The number of carbonyl (C=O) groups excluding carboxylic acids is 1. The molecular weight excluding hydrogens is 416 g/mol. The summed E-state index contributed by atoms with van der Waals surface area (Å²) in [4.78, 5) is 11.3. The number of hydrogen-bond donors (Lipinski definition) is 3. The lowest BCUT2D eigenvalue weighted by Gasteiger charge is -2.16. The number of nitrogens with one attached hydrogen (secondary N) is 2. The van der Waals surface area contributed by atoms with Crippen LogP contribution in [-0.2, 0) is 20.1 Å². The van der Waals surface area contributed by atoms with Crippen LogP contribution >= 0.6 is 0 Å². The maximum absolute atomic E-state index is 12.9. The van der Waals surface area contributed by atoms with Crippen LogP contribution in [0.15, 0.2) is 52.3 Å². The van der Waals surface area contributed by atoms with Gasteiger partial charge in [-0.2, -0.15) is 8.42 Å². The van der Waals surface area contributed by atoms with E-state index in [1.54, 1.807) is 12.1 Å². The van der Waals surface area contributed by atoms with Crippen molar-refractivity contribution in [3.63, 3.8) is 0 Å². The van der Waals surface area contributed by atoms with Crippen LogP contribution in [0.5, 0.6) is 0 Å². The molecule has 3 rings (SSSR count). The van der Waals surface area contributed by atoms with E-state index in [0.29, 0.717) is 5.92 Å². The third kappa shape index (κ3) is 4.77. The van der Waals surface area contributed by atoms with Gasteiger partial charge < -0.3 is 5.32 Å². The molecule has 1 amide bonds. The van der Waals surface area contributed by atoms with Crippen molar-refractivity contribution in [3.05, 3.63) is 53.6 Å². The fourth-order valence-electron chi connectivity index (χ4n) is 3.50. The first-order valence-corrected chi connectivity index (χ1v) is 12.0. The van der Waals surface area contributed by atoms with E-state index >= 15 is 0 Å². The van der Waals surface area contributed by atoms with Gasteiger partial charge in [-0.25, -0.2) is 8.42 Å². The second-order valence-corrected chi connectivity index (χ2v) is 10.0. The van der Waals surface area contributed by atoms with Crippen LogP contribution in [0.3, 0.4) is 0 Å². The first-order chi connectivity index (χ1) is 13.6. The van der Waals surface area contributed by atoms with Crippen molar-refractivity contribution < 1.29 is 26.2 Å². The van der Waals surface area contributed by atoms with Crippen LogP contribution in [0.4, 0.5) is 5.69 Å². The summed E-state index contributed by atoms with van der Waals surface area (Å²) < 4.78 is 60.0. The standard InChI is InChI=1S/C19H22N2O6S2/c1-20-19(22)17-10-9-14(13-5-2-3-6-13)11-18(17)21-28(23,24)15-7-4-8-16(12-15)29(25,26)27/h4,7-13,21H,2-3,5-6H2,1H3,(H,20,22)(H,25,26,27). The first kappa shape index (κ1) is 21.3. The van der Waals surface area contributed by atoms with Crippen molar-refractivity contribution in [2.45, 2.75) is 41.4 Å². The summed E-state index contributed by atoms with van der Waals surface area (Å²) in [6.07, 6.45) is 4.21. The second-order valence-electron chi connectivity index (χ2n) is 6.92. The molecule has 0 saturated heterocycles. The van der Waals surface area contributed by atoms with Crippen LogP contribution in [0.2, 0.25) is 0 Å². The lowest BCUT2D eigenvalue weighted by Crippen LogP contribution is -2.22. The van der Waals surface area contributed by atoms with E-state index < -0.39 is 30.9 Å². The van der Waals surface area contributed by atoms with Crippen molar-refractivity contribution in [2.75, 3.05) is 11.8 Å². The molecule has 29 heavy (non-hydrogen) atoms. The molecule has 1 aliphatic carbocycles. The Bertz CT molecular complexity index is 1140. The van der Waals surface area contributed by atoms with Crippen LogP contribution in [0, 0.1) is 0 Å². The molecule has 0 atom stereocenters. The largest absolute Gasteiger partial charge is 0.355 e. The second kappa shape index (κ2) is 8.13. The molecule has 0 bridgehead atoms. The van der Waals surface area contributed by atoms with E-state index in [-0.39, 0.29) is 16.1 Å². The highest BCUT2D eigenvalue weighted by Crippen LogP contribution is 2.36. The molecule has 0 heterocycles.